The first-order valence-corrected chi connectivity index (χ1v) is 6.27. The topological polar surface area (TPSA) is 116 Å². The third-order valence-electron chi connectivity index (χ3n) is 3.53. The van der Waals surface area contributed by atoms with Gasteiger partial charge in [-0.25, -0.2) is 0 Å². The zero-order valence-corrected chi connectivity index (χ0v) is 10.9. The molecule has 108 valence electrons. The molecule has 2 fully saturated rings. The number of piperidine rings is 1. The molecule has 0 bridgehead atoms. The Hall–Kier alpha value is -1.47. The van der Waals surface area contributed by atoms with Crippen LogP contribution >= 0.6 is 0 Å². The quantitative estimate of drug-likeness (QED) is 0.362. The first-order valence-electron chi connectivity index (χ1n) is 6.27. The van der Waals surface area contributed by atoms with E-state index in [0.29, 0.717) is 25.8 Å². The van der Waals surface area contributed by atoms with Gasteiger partial charge in [0, 0.05) is 13.7 Å². The van der Waals surface area contributed by atoms with Gasteiger partial charge in [-0.05, 0) is 25.7 Å². The first kappa shape index (κ1) is 15.6. The highest BCUT2D eigenvalue weighted by Crippen LogP contribution is 2.30. The molecule has 0 aromatic heterocycles. The van der Waals surface area contributed by atoms with Crippen molar-refractivity contribution in [3.63, 3.8) is 0 Å². The van der Waals surface area contributed by atoms with Crippen LogP contribution in [0, 0.1) is 5.92 Å². The highest BCUT2D eigenvalue weighted by Gasteiger charge is 2.43. The average Bonchev–Trinajstić information content (AvgIpc) is 2.36. The minimum Gasteiger partial charge on any atom is -0.400 e. The average molecular weight is 272 g/mol. The lowest BCUT2D eigenvalue weighted by Gasteiger charge is -2.39. The number of amides is 2. The zero-order chi connectivity index (χ0) is 14.5. The van der Waals surface area contributed by atoms with Crippen molar-refractivity contribution in [2.75, 3.05) is 13.7 Å². The van der Waals surface area contributed by atoms with Crippen LogP contribution in [0.3, 0.4) is 0 Å². The maximum absolute atomic E-state index is 11.9. The van der Waals surface area contributed by atoms with E-state index in [1.807, 2.05) is 0 Å². The number of aliphatic hydroxyl groups excluding tert-OH is 2. The highest BCUT2D eigenvalue weighted by atomic mass is 16.3. The number of hydrogen-bond acceptors (Lipinski definition) is 5. The number of carbonyl (C=O) groups is 3. The fraction of sp³-hybridized carbons (Fsp3) is 0.750. The van der Waals surface area contributed by atoms with Crippen LogP contribution in [0.5, 0.6) is 0 Å². The lowest BCUT2D eigenvalue weighted by atomic mass is 9.77. The van der Waals surface area contributed by atoms with Gasteiger partial charge in [0.2, 0.25) is 11.8 Å². The normalized spacial score (nSPS) is 28.1. The molecule has 1 aliphatic carbocycles. The maximum Gasteiger partial charge on any atom is 0.236 e. The number of nitrogens with one attached hydrogen (secondary N) is 2. The van der Waals surface area contributed by atoms with Crippen molar-refractivity contribution >= 4 is 18.1 Å². The van der Waals surface area contributed by atoms with Crippen molar-refractivity contribution in [1.29, 1.82) is 0 Å². The summed E-state index contributed by atoms with van der Waals surface area (Å²) in [6.07, 6.45) is 2.21. The summed E-state index contributed by atoms with van der Waals surface area (Å²) < 4.78 is 0. The molecule has 4 N–H and O–H groups in total. The summed E-state index contributed by atoms with van der Waals surface area (Å²) in [5.74, 6) is -2.12. The Morgan fingerprint density at radius 1 is 1.47 bits per heavy atom. The molecule has 7 heteroatoms. The first-order chi connectivity index (χ1) is 9.08. The van der Waals surface area contributed by atoms with Crippen molar-refractivity contribution in [2.45, 2.75) is 37.3 Å². The minimum absolute atomic E-state index is 0.359. The van der Waals surface area contributed by atoms with Crippen LogP contribution in [-0.4, -0.2) is 53.6 Å². The molecule has 2 atom stereocenters. The van der Waals surface area contributed by atoms with E-state index < -0.39 is 29.4 Å². The van der Waals surface area contributed by atoms with Crippen LogP contribution < -0.4 is 10.6 Å². The van der Waals surface area contributed by atoms with Crippen LogP contribution in [0.25, 0.3) is 0 Å². The predicted molar refractivity (Wildman–Crippen MR) is 66.1 cm³/mol. The van der Waals surface area contributed by atoms with E-state index in [4.69, 9.17) is 5.11 Å². The Labute approximate surface area is 111 Å². The molecule has 2 unspecified atom stereocenters. The van der Waals surface area contributed by atoms with Gasteiger partial charge in [-0.2, -0.15) is 0 Å². The summed E-state index contributed by atoms with van der Waals surface area (Å²) in [6.45, 7) is 0.378. The SMILES string of the molecule is CO.O=CC1(NC(=O)C2C(=O)NCCC2O)CCC1. The van der Waals surface area contributed by atoms with Crippen LogP contribution in [0.1, 0.15) is 25.7 Å². The molecule has 0 aromatic rings. The Morgan fingerprint density at radius 3 is 2.53 bits per heavy atom. The molecule has 1 aliphatic heterocycles. The van der Waals surface area contributed by atoms with Crippen LogP contribution in [0.15, 0.2) is 0 Å². The van der Waals surface area contributed by atoms with Gasteiger partial charge in [-0.3, -0.25) is 9.59 Å². The van der Waals surface area contributed by atoms with Crippen molar-refractivity contribution < 1.29 is 24.6 Å². The van der Waals surface area contributed by atoms with Crippen molar-refractivity contribution in [3.05, 3.63) is 0 Å². The fourth-order valence-electron chi connectivity index (χ4n) is 2.24. The van der Waals surface area contributed by atoms with E-state index >= 15 is 0 Å². The van der Waals surface area contributed by atoms with Gasteiger partial charge in [0.05, 0.1) is 11.6 Å². The molecular weight excluding hydrogens is 252 g/mol. The van der Waals surface area contributed by atoms with E-state index in [2.05, 4.69) is 10.6 Å². The van der Waals surface area contributed by atoms with E-state index in [-0.39, 0.29) is 0 Å². The van der Waals surface area contributed by atoms with Gasteiger partial charge in [-0.1, -0.05) is 0 Å². The van der Waals surface area contributed by atoms with E-state index in [1.54, 1.807) is 0 Å². The Balaban J connectivity index is 0.000000861. The third-order valence-corrected chi connectivity index (χ3v) is 3.53. The number of aliphatic hydroxyl groups is 2. The van der Waals surface area contributed by atoms with Crippen molar-refractivity contribution in [3.8, 4) is 0 Å². The molecule has 1 saturated carbocycles. The number of aldehydes is 1. The summed E-state index contributed by atoms with van der Waals surface area (Å²) in [7, 11) is 1.00. The van der Waals surface area contributed by atoms with E-state index in [0.717, 1.165) is 19.8 Å². The smallest absolute Gasteiger partial charge is 0.236 e. The minimum atomic E-state index is -1.10. The molecular formula is C12H20N2O5. The van der Waals surface area contributed by atoms with Gasteiger partial charge >= 0.3 is 0 Å². The molecule has 2 rings (SSSR count). The van der Waals surface area contributed by atoms with Gasteiger partial charge in [0.25, 0.3) is 0 Å². The zero-order valence-electron chi connectivity index (χ0n) is 10.9. The van der Waals surface area contributed by atoms with E-state index in [9.17, 15) is 19.5 Å². The Bertz CT molecular complexity index is 354. The van der Waals surface area contributed by atoms with Crippen LogP contribution in [0.2, 0.25) is 0 Å². The maximum atomic E-state index is 11.9. The monoisotopic (exact) mass is 272 g/mol. The lowest BCUT2D eigenvalue weighted by Crippen LogP contribution is -2.60. The third kappa shape index (κ3) is 3.30. The lowest BCUT2D eigenvalue weighted by molar-refractivity contribution is -0.145. The van der Waals surface area contributed by atoms with Gasteiger partial charge in [0.1, 0.15) is 12.2 Å². The predicted octanol–water partition coefficient (Wildman–Crippen LogP) is -1.67. The molecule has 2 amide bonds. The summed E-state index contributed by atoms with van der Waals surface area (Å²) in [5.41, 5.74) is -0.811. The van der Waals surface area contributed by atoms with Gasteiger partial charge in [0.15, 0.2) is 0 Å². The second-order valence-corrected chi connectivity index (χ2v) is 4.74. The van der Waals surface area contributed by atoms with E-state index in [1.165, 1.54) is 0 Å². The molecule has 0 aromatic carbocycles. The molecule has 2 aliphatic rings. The molecule has 0 spiro atoms. The van der Waals surface area contributed by atoms with Crippen LogP contribution in [0.4, 0.5) is 0 Å². The Morgan fingerprint density at radius 2 is 2.11 bits per heavy atom. The summed E-state index contributed by atoms with van der Waals surface area (Å²) in [4.78, 5) is 34.3. The number of rotatable bonds is 3. The van der Waals surface area contributed by atoms with Crippen molar-refractivity contribution in [2.24, 2.45) is 5.92 Å². The molecule has 0 radical (unpaired) electrons. The Kier molecular flexibility index (Phi) is 5.44. The molecule has 1 saturated heterocycles. The number of carbonyl (C=O) groups excluding carboxylic acids is 3. The van der Waals surface area contributed by atoms with Crippen LogP contribution in [-0.2, 0) is 14.4 Å². The summed E-state index contributed by atoms with van der Waals surface area (Å²) >= 11 is 0. The standard InChI is InChI=1S/C11H16N2O4.CH4O/c14-6-11(3-1-4-11)13-10(17)8-7(15)2-5-12-9(8)16;1-2/h6-8,15H,1-5H2,(H,12,16)(H,13,17);2H,1H3. The largest absolute Gasteiger partial charge is 0.400 e. The second-order valence-electron chi connectivity index (χ2n) is 4.74. The van der Waals surface area contributed by atoms with Gasteiger partial charge in [-0.15, -0.1) is 0 Å². The molecule has 19 heavy (non-hydrogen) atoms. The fourth-order valence-corrected chi connectivity index (χ4v) is 2.24. The summed E-state index contributed by atoms with van der Waals surface area (Å²) in [6, 6.07) is 0. The second kappa shape index (κ2) is 6.63. The summed E-state index contributed by atoms with van der Waals surface area (Å²) in [5, 5.41) is 21.8. The molecule has 7 nitrogen and oxygen atoms in total. The highest BCUT2D eigenvalue weighted by molar-refractivity contribution is 6.02. The van der Waals surface area contributed by atoms with Gasteiger partial charge < -0.3 is 25.6 Å². The number of hydrogen-bond donors (Lipinski definition) is 4. The molecule has 1 heterocycles. The van der Waals surface area contributed by atoms with Crippen molar-refractivity contribution in [1.82, 2.24) is 10.6 Å².